The van der Waals surface area contributed by atoms with Gasteiger partial charge in [-0.15, -0.1) is 11.3 Å². The predicted molar refractivity (Wildman–Crippen MR) is 78.7 cm³/mol. The number of fused-ring (bicyclic) bond motifs is 1. The highest BCUT2D eigenvalue weighted by Crippen LogP contribution is 2.33. The van der Waals surface area contributed by atoms with E-state index in [2.05, 4.69) is 17.5 Å². The van der Waals surface area contributed by atoms with Gasteiger partial charge in [-0.1, -0.05) is 6.07 Å². The Bertz CT molecular complexity index is 617. The van der Waals surface area contributed by atoms with E-state index in [1.165, 1.54) is 11.8 Å². The highest BCUT2D eigenvalue weighted by atomic mass is 32.1. The number of carbonyl (C=O) groups is 1. The second kappa shape index (κ2) is 5.67. The first-order valence-electron chi connectivity index (χ1n) is 6.72. The molecule has 0 bridgehead atoms. The van der Waals surface area contributed by atoms with Gasteiger partial charge in [0.1, 0.15) is 11.5 Å². The van der Waals surface area contributed by atoms with E-state index in [9.17, 15) is 4.79 Å². The molecule has 2 heterocycles. The van der Waals surface area contributed by atoms with Crippen LogP contribution in [0.5, 0.6) is 11.5 Å². The van der Waals surface area contributed by atoms with Crippen molar-refractivity contribution in [1.82, 2.24) is 0 Å². The van der Waals surface area contributed by atoms with Gasteiger partial charge < -0.3 is 9.47 Å². The molecule has 1 aromatic heterocycles. The maximum Gasteiger partial charge on any atom is 0.308 e. The molecule has 2 aromatic rings. The van der Waals surface area contributed by atoms with E-state index in [0.29, 0.717) is 12.4 Å². The molecule has 3 rings (SSSR count). The number of thiophene rings is 1. The molecule has 0 saturated heterocycles. The van der Waals surface area contributed by atoms with E-state index in [4.69, 9.17) is 9.47 Å². The number of carbonyl (C=O) groups excluding carboxylic acids is 1. The summed E-state index contributed by atoms with van der Waals surface area (Å²) in [6.07, 6.45) is 2.68. The van der Waals surface area contributed by atoms with Gasteiger partial charge in [-0.05, 0) is 42.0 Å². The normalized spacial score (nSPS) is 12.8. The average Bonchev–Trinajstić information content (AvgIpc) is 3.05. The summed E-state index contributed by atoms with van der Waals surface area (Å²) in [7, 11) is 0. The number of benzene rings is 1. The quantitative estimate of drug-likeness (QED) is 0.639. The van der Waals surface area contributed by atoms with Crippen LogP contribution in [0.15, 0.2) is 29.6 Å². The Balaban J connectivity index is 1.85. The first kappa shape index (κ1) is 13.2. The van der Waals surface area contributed by atoms with Crippen LogP contribution in [0.1, 0.15) is 22.9 Å². The lowest BCUT2D eigenvalue weighted by Gasteiger charge is -2.11. The molecule has 4 heteroatoms. The highest BCUT2D eigenvalue weighted by molar-refractivity contribution is 7.09. The molecule has 3 nitrogen and oxygen atoms in total. The first-order valence-corrected chi connectivity index (χ1v) is 7.60. The van der Waals surface area contributed by atoms with Gasteiger partial charge in [0.05, 0.1) is 6.61 Å². The van der Waals surface area contributed by atoms with Crippen LogP contribution >= 0.6 is 11.3 Å². The molecule has 1 aliphatic heterocycles. The Labute approximate surface area is 122 Å². The molecule has 0 N–H and O–H groups in total. The Kier molecular flexibility index (Phi) is 3.74. The summed E-state index contributed by atoms with van der Waals surface area (Å²) in [5.74, 6) is 1.33. The lowest BCUT2D eigenvalue weighted by Crippen LogP contribution is -2.05. The van der Waals surface area contributed by atoms with Crippen LogP contribution in [-0.4, -0.2) is 12.6 Å². The Morgan fingerprint density at radius 3 is 3.05 bits per heavy atom. The number of rotatable bonds is 4. The average molecular weight is 288 g/mol. The monoisotopic (exact) mass is 288 g/mol. The van der Waals surface area contributed by atoms with E-state index < -0.39 is 0 Å². The highest BCUT2D eigenvalue weighted by Gasteiger charge is 2.17. The minimum absolute atomic E-state index is 0.277. The van der Waals surface area contributed by atoms with Crippen molar-refractivity contribution in [2.75, 3.05) is 6.61 Å². The second-order valence-electron chi connectivity index (χ2n) is 4.84. The minimum Gasteiger partial charge on any atom is -0.493 e. The topological polar surface area (TPSA) is 35.5 Å². The molecule has 104 valence electrons. The zero-order chi connectivity index (χ0) is 13.9. The van der Waals surface area contributed by atoms with Gasteiger partial charge in [0.15, 0.2) is 0 Å². The minimum atomic E-state index is -0.277. The lowest BCUT2D eigenvalue weighted by atomic mass is 10.0. The molecule has 1 aromatic carbocycles. The molecule has 0 spiro atoms. The van der Waals surface area contributed by atoms with Gasteiger partial charge >= 0.3 is 5.97 Å². The van der Waals surface area contributed by atoms with Gasteiger partial charge in [0.2, 0.25) is 0 Å². The van der Waals surface area contributed by atoms with Crippen LogP contribution in [0.2, 0.25) is 0 Å². The number of aryl methyl sites for hydroxylation is 2. The SMILES string of the molecule is CC(=O)Oc1cc2c(cc1CCc1cccs1)OCC2. The third kappa shape index (κ3) is 2.85. The summed E-state index contributed by atoms with van der Waals surface area (Å²) >= 11 is 1.75. The lowest BCUT2D eigenvalue weighted by molar-refractivity contribution is -0.131. The van der Waals surface area contributed by atoms with Gasteiger partial charge in [-0.2, -0.15) is 0 Å². The summed E-state index contributed by atoms with van der Waals surface area (Å²) in [5, 5.41) is 2.08. The molecule has 0 saturated carbocycles. The molecule has 0 fully saturated rings. The molecular formula is C16H16O3S. The standard InChI is InChI=1S/C16H16O3S/c1-11(17)19-16-10-13-6-7-18-15(13)9-12(16)4-5-14-3-2-8-20-14/h2-3,8-10H,4-7H2,1H3. The third-order valence-corrected chi connectivity index (χ3v) is 4.28. The van der Waals surface area contributed by atoms with Crippen LogP contribution in [0.4, 0.5) is 0 Å². The zero-order valence-corrected chi connectivity index (χ0v) is 12.2. The molecule has 0 aliphatic carbocycles. The smallest absolute Gasteiger partial charge is 0.308 e. The maximum atomic E-state index is 11.2. The molecule has 0 amide bonds. The largest absolute Gasteiger partial charge is 0.493 e. The summed E-state index contributed by atoms with van der Waals surface area (Å²) in [5.41, 5.74) is 2.16. The fraction of sp³-hybridized carbons (Fsp3) is 0.312. The van der Waals surface area contributed by atoms with Crippen molar-refractivity contribution in [2.24, 2.45) is 0 Å². The van der Waals surface area contributed by atoms with E-state index in [-0.39, 0.29) is 5.97 Å². The molecule has 0 radical (unpaired) electrons. The number of ether oxygens (including phenoxy) is 2. The van der Waals surface area contributed by atoms with Crippen molar-refractivity contribution in [3.63, 3.8) is 0 Å². The van der Waals surface area contributed by atoms with Crippen LogP contribution in [0.3, 0.4) is 0 Å². The van der Waals surface area contributed by atoms with Crippen LogP contribution in [0, 0.1) is 0 Å². The predicted octanol–water partition coefficient (Wildman–Crippen LogP) is 3.39. The van der Waals surface area contributed by atoms with Gasteiger partial charge in [-0.25, -0.2) is 0 Å². The van der Waals surface area contributed by atoms with Gasteiger partial charge in [0, 0.05) is 23.8 Å². The number of esters is 1. The zero-order valence-electron chi connectivity index (χ0n) is 11.3. The first-order chi connectivity index (χ1) is 9.72. The van der Waals surface area contributed by atoms with Crippen molar-refractivity contribution in [3.8, 4) is 11.5 Å². The number of hydrogen-bond acceptors (Lipinski definition) is 4. The van der Waals surface area contributed by atoms with Crippen LogP contribution in [0.25, 0.3) is 0 Å². The Morgan fingerprint density at radius 2 is 2.30 bits per heavy atom. The van der Waals surface area contributed by atoms with Crippen molar-refractivity contribution >= 4 is 17.3 Å². The van der Waals surface area contributed by atoms with Gasteiger partial charge in [0.25, 0.3) is 0 Å². The van der Waals surface area contributed by atoms with E-state index >= 15 is 0 Å². The second-order valence-corrected chi connectivity index (χ2v) is 5.87. The van der Waals surface area contributed by atoms with E-state index in [0.717, 1.165) is 36.1 Å². The molecule has 1 aliphatic rings. The molecule has 0 atom stereocenters. The van der Waals surface area contributed by atoms with Crippen molar-refractivity contribution in [3.05, 3.63) is 45.6 Å². The van der Waals surface area contributed by atoms with Crippen LogP contribution in [-0.2, 0) is 24.1 Å². The van der Waals surface area contributed by atoms with E-state index in [1.54, 1.807) is 11.3 Å². The fourth-order valence-electron chi connectivity index (χ4n) is 2.40. The van der Waals surface area contributed by atoms with Crippen LogP contribution < -0.4 is 9.47 Å². The molecule has 0 unspecified atom stereocenters. The maximum absolute atomic E-state index is 11.2. The van der Waals surface area contributed by atoms with Crippen molar-refractivity contribution in [1.29, 1.82) is 0 Å². The van der Waals surface area contributed by atoms with Crippen molar-refractivity contribution in [2.45, 2.75) is 26.2 Å². The van der Waals surface area contributed by atoms with Crippen molar-refractivity contribution < 1.29 is 14.3 Å². The molecule has 20 heavy (non-hydrogen) atoms. The third-order valence-electron chi connectivity index (χ3n) is 3.35. The molecular weight excluding hydrogens is 272 g/mol. The Hall–Kier alpha value is -1.81. The Morgan fingerprint density at radius 1 is 1.40 bits per heavy atom. The summed E-state index contributed by atoms with van der Waals surface area (Å²) < 4.78 is 10.9. The summed E-state index contributed by atoms with van der Waals surface area (Å²) in [6.45, 7) is 2.15. The summed E-state index contributed by atoms with van der Waals surface area (Å²) in [4.78, 5) is 12.6. The van der Waals surface area contributed by atoms with E-state index in [1.807, 2.05) is 12.1 Å². The van der Waals surface area contributed by atoms with Gasteiger partial charge in [-0.3, -0.25) is 4.79 Å². The number of hydrogen-bond donors (Lipinski definition) is 0. The fourth-order valence-corrected chi connectivity index (χ4v) is 3.11. The summed E-state index contributed by atoms with van der Waals surface area (Å²) in [6, 6.07) is 8.15.